The molecule has 3 N–H and O–H groups in total. The van der Waals surface area contributed by atoms with Crippen LogP contribution in [-0.4, -0.2) is 0 Å². The molecule has 2 aromatic rings. The van der Waals surface area contributed by atoms with Gasteiger partial charge in [0.1, 0.15) is 0 Å². The number of anilines is 2. The molecule has 0 spiro atoms. The van der Waals surface area contributed by atoms with Crippen molar-refractivity contribution in [2.45, 2.75) is 6.54 Å². The van der Waals surface area contributed by atoms with Gasteiger partial charge in [-0.25, -0.2) is 0 Å². The van der Waals surface area contributed by atoms with E-state index in [4.69, 9.17) is 22.6 Å². The molecule has 3 nitrogen and oxygen atoms in total. The minimum atomic E-state index is 0.601. The van der Waals surface area contributed by atoms with E-state index in [0.717, 1.165) is 11.3 Å². The van der Waals surface area contributed by atoms with Crippen molar-refractivity contribution < 1.29 is 0 Å². The van der Waals surface area contributed by atoms with Crippen molar-refractivity contribution in [2.24, 2.45) is 0 Å². The maximum atomic E-state index is 8.71. The van der Waals surface area contributed by atoms with Gasteiger partial charge in [0, 0.05) is 6.54 Å². The molecule has 0 atom stereocenters. The summed E-state index contributed by atoms with van der Waals surface area (Å²) in [5.41, 5.74) is 8.91. The van der Waals surface area contributed by atoms with Crippen molar-refractivity contribution in [2.75, 3.05) is 11.1 Å². The molecule has 4 heteroatoms. The maximum Gasteiger partial charge on any atom is 0.0991 e. The average molecular weight is 258 g/mol. The number of nitrogen functional groups attached to an aromatic ring is 1. The predicted octanol–water partition coefficient (Wildman–Crippen LogP) is 3.41. The second-order valence-electron chi connectivity index (χ2n) is 3.87. The summed E-state index contributed by atoms with van der Waals surface area (Å²) in [4.78, 5) is 0. The standard InChI is InChI=1S/C14H12ClN3/c15-12-2-1-3-13(17)14(12)18-9-11-6-4-10(8-16)5-7-11/h1-7,18H,9,17H2. The Bertz CT molecular complexity index is 565. The van der Waals surface area contributed by atoms with E-state index in [9.17, 15) is 0 Å². The van der Waals surface area contributed by atoms with E-state index in [1.54, 1.807) is 24.3 Å². The van der Waals surface area contributed by atoms with Crippen molar-refractivity contribution in [3.05, 3.63) is 58.6 Å². The highest BCUT2D eigenvalue weighted by atomic mass is 35.5. The summed E-state index contributed by atoms with van der Waals surface area (Å²) in [7, 11) is 0. The molecular weight excluding hydrogens is 246 g/mol. The predicted molar refractivity (Wildman–Crippen MR) is 74.3 cm³/mol. The summed E-state index contributed by atoms with van der Waals surface area (Å²) in [5, 5.41) is 12.5. The van der Waals surface area contributed by atoms with Gasteiger partial charge in [-0.1, -0.05) is 29.8 Å². The van der Waals surface area contributed by atoms with Crippen LogP contribution in [0.25, 0.3) is 0 Å². The smallest absolute Gasteiger partial charge is 0.0991 e. The van der Waals surface area contributed by atoms with Crippen LogP contribution in [0.3, 0.4) is 0 Å². The van der Waals surface area contributed by atoms with E-state index in [-0.39, 0.29) is 0 Å². The lowest BCUT2D eigenvalue weighted by molar-refractivity contribution is 1.15. The zero-order valence-corrected chi connectivity index (χ0v) is 10.4. The lowest BCUT2D eigenvalue weighted by Gasteiger charge is -2.11. The van der Waals surface area contributed by atoms with Gasteiger partial charge >= 0.3 is 0 Å². The first-order valence-corrected chi connectivity index (χ1v) is 5.85. The topological polar surface area (TPSA) is 61.8 Å². The number of benzene rings is 2. The van der Waals surface area contributed by atoms with Gasteiger partial charge in [-0.3, -0.25) is 0 Å². The van der Waals surface area contributed by atoms with Crippen LogP contribution in [0.15, 0.2) is 42.5 Å². The Balaban J connectivity index is 2.09. The van der Waals surface area contributed by atoms with Crippen LogP contribution in [0.5, 0.6) is 0 Å². The van der Waals surface area contributed by atoms with Crippen LogP contribution >= 0.6 is 11.6 Å². The van der Waals surface area contributed by atoms with Crippen molar-refractivity contribution in [1.82, 2.24) is 0 Å². The SMILES string of the molecule is N#Cc1ccc(CNc2c(N)cccc2Cl)cc1. The van der Waals surface area contributed by atoms with Gasteiger partial charge < -0.3 is 11.1 Å². The van der Waals surface area contributed by atoms with Gasteiger partial charge in [0.2, 0.25) is 0 Å². The zero-order chi connectivity index (χ0) is 13.0. The van der Waals surface area contributed by atoms with Gasteiger partial charge in [-0.05, 0) is 29.8 Å². The molecule has 0 saturated heterocycles. The molecule has 0 heterocycles. The highest BCUT2D eigenvalue weighted by Crippen LogP contribution is 2.28. The maximum absolute atomic E-state index is 8.71. The quantitative estimate of drug-likeness (QED) is 0.829. The number of hydrogen-bond donors (Lipinski definition) is 2. The number of nitriles is 1. The molecule has 0 saturated carbocycles. The highest BCUT2D eigenvalue weighted by molar-refractivity contribution is 6.33. The fraction of sp³-hybridized carbons (Fsp3) is 0.0714. The summed E-state index contributed by atoms with van der Waals surface area (Å²) in [5.74, 6) is 0. The van der Waals surface area contributed by atoms with Crippen molar-refractivity contribution in [3.63, 3.8) is 0 Å². The third-order valence-electron chi connectivity index (χ3n) is 2.60. The molecule has 0 aliphatic heterocycles. The molecule has 0 aliphatic rings. The van der Waals surface area contributed by atoms with Crippen molar-refractivity contribution >= 4 is 23.0 Å². The molecule has 0 aliphatic carbocycles. The molecule has 90 valence electrons. The van der Waals surface area contributed by atoms with E-state index in [0.29, 0.717) is 22.8 Å². The molecule has 0 aromatic heterocycles. The summed E-state index contributed by atoms with van der Waals surface area (Å²) in [6, 6.07) is 14.9. The number of nitrogens with zero attached hydrogens (tertiary/aromatic N) is 1. The Morgan fingerprint density at radius 1 is 1.17 bits per heavy atom. The van der Waals surface area contributed by atoms with Gasteiger partial charge in [0.05, 0.1) is 28.0 Å². The van der Waals surface area contributed by atoms with Crippen LogP contribution in [0, 0.1) is 11.3 Å². The highest BCUT2D eigenvalue weighted by Gasteiger charge is 2.03. The third-order valence-corrected chi connectivity index (χ3v) is 2.91. The zero-order valence-electron chi connectivity index (χ0n) is 9.65. The van der Waals surface area contributed by atoms with E-state index >= 15 is 0 Å². The lowest BCUT2D eigenvalue weighted by Crippen LogP contribution is -2.03. The second kappa shape index (κ2) is 5.44. The minimum absolute atomic E-state index is 0.601. The van der Waals surface area contributed by atoms with Crippen LogP contribution in [0.4, 0.5) is 11.4 Å². The van der Waals surface area contributed by atoms with E-state index in [2.05, 4.69) is 11.4 Å². The van der Waals surface area contributed by atoms with Crippen LogP contribution in [0.1, 0.15) is 11.1 Å². The molecule has 0 radical (unpaired) electrons. The first-order valence-electron chi connectivity index (χ1n) is 5.47. The van der Waals surface area contributed by atoms with Gasteiger partial charge in [0.15, 0.2) is 0 Å². The number of hydrogen-bond acceptors (Lipinski definition) is 3. The Labute approximate surface area is 111 Å². The van der Waals surface area contributed by atoms with Gasteiger partial charge in [0.25, 0.3) is 0 Å². The molecule has 0 fully saturated rings. The number of nitrogens with one attached hydrogen (secondary N) is 1. The molecule has 18 heavy (non-hydrogen) atoms. The first-order chi connectivity index (χ1) is 8.70. The second-order valence-corrected chi connectivity index (χ2v) is 4.27. The summed E-state index contributed by atoms with van der Waals surface area (Å²) < 4.78 is 0. The van der Waals surface area contributed by atoms with E-state index in [1.807, 2.05) is 18.2 Å². The Morgan fingerprint density at radius 2 is 1.89 bits per heavy atom. The molecule has 2 rings (SSSR count). The molecule has 0 amide bonds. The fourth-order valence-corrected chi connectivity index (χ4v) is 1.86. The van der Waals surface area contributed by atoms with Crippen molar-refractivity contribution in [1.29, 1.82) is 5.26 Å². The summed E-state index contributed by atoms with van der Waals surface area (Å²) >= 11 is 6.06. The molecule has 0 bridgehead atoms. The molecular formula is C14H12ClN3. The van der Waals surface area contributed by atoms with E-state index < -0.39 is 0 Å². The largest absolute Gasteiger partial charge is 0.397 e. The Hall–Kier alpha value is -2.18. The van der Waals surface area contributed by atoms with Crippen LogP contribution in [-0.2, 0) is 6.54 Å². The van der Waals surface area contributed by atoms with Gasteiger partial charge in [-0.2, -0.15) is 5.26 Å². The molecule has 2 aromatic carbocycles. The first kappa shape index (κ1) is 12.3. The Morgan fingerprint density at radius 3 is 2.50 bits per heavy atom. The van der Waals surface area contributed by atoms with Crippen LogP contribution in [0.2, 0.25) is 5.02 Å². The van der Waals surface area contributed by atoms with Gasteiger partial charge in [-0.15, -0.1) is 0 Å². The Kier molecular flexibility index (Phi) is 3.71. The molecule has 0 unspecified atom stereocenters. The number of halogens is 1. The number of rotatable bonds is 3. The normalized spacial score (nSPS) is 9.78. The lowest BCUT2D eigenvalue weighted by atomic mass is 10.1. The summed E-state index contributed by atoms with van der Waals surface area (Å²) in [6.45, 7) is 0.611. The van der Waals surface area contributed by atoms with E-state index in [1.165, 1.54) is 0 Å². The third kappa shape index (κ3) is 2.73. The van der Waals surface area contributed by atoms with Crippen molar-refractivity contribution in [3.8, 4) is 6.07 Å². The number of nitrogens with two attached hydrogens (primary N) is 1. The summed E-state index contributed by atoms with van der Waals surface area (Å²) in [6.07, 6.45) is 0. The monoisotopic (exact) mass is 257 g/mol. The minimum Gasteiger partial charge on any atom is -0.397 e. The average Bonchev–Trinajstić information content (AvgIpc) is 2.39. The fourth-order valence-electron chi connectivity index (χ4n) is 1.61. The van der Waals surface area contributed by atoms with Crippen LogP contribution < -0.4 is 11.1 Å². The number of para-hydroxylation sites is 1.